The van der Waals surface area contributed by atoms with Gasteiger partial charge in [-0.2, -0.15) is 4.57 Å². The highest BCUT2D eigenvalue weighted by atomic mass is 16.8. The maximum absolute atomic E-state index is 13.2. The summed E-state index contributed by atoms with van der Waals surface area (Å²) in [6.45, 7) is 4.93. The maximum Gasteiger partial charge on any atom is 0.338 e. The minimum Gasteiger partial charge on any atom is -0.575 e. The summed E-state index contributed by atoms with van der Waals surface area (Å²) in [6.07, 6.45) is 3.73. The van der Waals surface area contributed by atoms with Gasteiger partial charge >= 0.3 is 5.97 Å². The number of ether oxygens (including phenoxy) is 2. The van der Waals surface area contributed by atoms with Crippen molar-refractivity contribution in [3.05, 3.63) is 117 Å². The van der Waals surface area contributed by atoms with Crippen LogP contribution in [0.25, 0.3) is 0 Å². The normalized spacial score (nSPS) is 16.9. The van der Waals surface area contributed by atoms with Gasteiger partial charge in [0.15, 0.2) is 24.2 Å². The van der Waals surface area contributed by atoms with Crippen molar-refractivity contribution >= 4 is 11.7 Å². The number of benzene rings is 2. The first kappa shape index (κ1) is 23.0. The number of aryl methyl sites for hydroxylation is 1. The van der Waals surface area contributed by atoms with E-state index in [1.165, 1.54) is 26.0 Å². The van der Waals surface area contributed by atoms with Crippen LogP contribution in [-0.4, -0.2) is 16.7 Å². The number of nitro benzene ring substituents is 1. The summed E-state index contributed by atoms with van der Waals surface area (Å²) in [7, 11) is 0. The fourth-order valence-electron chi connectivity index (χ4n) is 4.20. The molecular formula is C26H24N2O6. The lowest BCUT2D eigenvalue weighted by atomic mass is 9.81. The van der Waals surface area contributed by atoms with Crippen LogP contribution < -0.4 is 9.67 Å². The summed E-state index contributed by atoms with van der Waals surface area (Å²) >= 11 is 0. The molecule has 4 rings (SSSR count). The van der Waals surface area contributed by atoms with E-state index < -0.39 is 34.6 Å². The number of carbonyl (C=O) groups excluding carboxylic acids is 1. The minimum absolute atomic E-state index is 0.0566. The second-order valence-corrected chi connectivity index (χ2v) is 8.60. The highest BCUT2D eigenvalue weighted by Gasteiger charge is 2.43. The molecule has 0 radical (unpaired) electrons. The van der Waals surface area contributed by atoms with E-state index >= 15 is 0 Å². The molecule has 0 N–H and O–H groups in total. The van der Waals surface area contributed by atoms with Crippen molar-refractivity contribution in [2.75, 3.05) is 0 Å². The first-order chi connectivity index (χ1) is 16.2. The van der Waals surface area contributed by atoms with Crippen LogP contribution in [0.5, 0.6) is 0 Å². The zero-order chi connectivity index (χ0) is 24.5. The van der Waals surface area contributed by atoms with E-state index in [4.69, 9.17) is 9.47 Å². The fraction of sp³-hybridized carbons (Fsp3) is 0.231. The molecule has 0 fully saturated rings. The van der Waals surface area contributed by atoms with Gasteiger partial charge in [-0.25, -0.2) is 4.79 Å². The van der Waals surface area contributed by atoms with Gasteiger partial charge in [0.1, 0.15) is 0 Å². The zero-order valence-electron chi connectivity index (χ0n) is 19.0. The van der Waals surface area contributed by atoms with Gasteiger partial charge in [0.25, 0.3) is 5.69 Å². The molecule has 3 aromatic rings. The first-order valence-electron chi connectivity index (χ1n) is 10.8. The molecule has 1 aromatic heterocycles. The molecule has 2 heterocycles. The molecule has 8 heteroatoms. The molecule has 0 saturated carbocycles. The topological polar surface area (TPSA) is 106 Å². The SMILES string of the molecule is Cc1ccc[n+](C(c2ccc([N+](=O)[O-])cc2)C(C2=C([O-])OC(C)(C)OC2=O)c2ccccc2)c1. The van der Waals surface area contributed by atoms with Crippen LogP contribution in [0.1, 0.15) is 42.5 Å². The van der Waals surface area contributed by atoms with E-state index in [2.05, 4.69) is 0 Å². The molecule has 34 heavy (non-hydrogen) atoms. The van der Waals surface area contributed by atoms with Crippen molar-refractivity contribution in [3.63, 3.8) is 0 Å². The number of nitro groups is 1. The number of aromatic nitrogens is 1. The van der Waals surface area contributed by atoms with Crippen molar-refractivity contribution in [3.8, 4) is 0 Å². The third kappa shape index (κ3) is 4.61. The average molecular weight is 460 g/mol. The van der Waals surface area contributed by atoms with Gasteiger partial charge in [0.05, 0.1) is 22.4 Å². The van der Waals surface area contributed by atoms with E-state index in [1.54, 1.807) is 12.1 Å². The molecule has 0 aliphatic carbocycles. The van der Waals surface area contributed by atoms with Crippen LogP contribution in [-0.2, 0) is 14.3 Å². The van der Waals surface area contributed by atoms with E-state index in [-0.39, 0.29) is 11.3 Å². The molecule has 2 unspecified atom stereocenters. The Balaban J connectivity index is 1.97. The molecule has 1 aliphatic rings. The lowest BCUT2D eigenvalue weighted by Crippen LogP contribution is -2.47. The van der Waals surface area contributed by atoms with Gasteiger partial charge < -0.3 is 14.6 Å². The van der Waals surface area contributed by atoms with Crippen molar-refractivity contribution in [1.82, 2.24) is 0 Å². The van der Waals surface area contributed by atoms with Crippen molar-refractivity contribution < 1.29 is 28.9 Å². The molecule has 0 bridgehead atoms. The first-order valence-corrected chi connectivity index (χ1v) is 10.8. The lowest BCUT2D eigenvalue weighted by molar-refractivity contribution is -0.716. The standard InChI is InChI=1S/C26H24N2O6/c1-17-8-7-15-27(16-17)23(19-11-13-20(14-12-19)28(31)32)21(18-9-5-4-6-10-18)22-24(29)33-26(2,3)34-25(22)30/h4-16,21,23H,1-3H3. The number of nitrogens with zero attached hydrogens (tertiary/aromatic N) is 2. The number of hydrogen-bond acceptors (Lipinski definition) is 6. The molecule has 0 saturated heterocycles. The molecule has 2 atom stereocenters. The van der Waals surface area contributed by atoms with E-state index in [0.717, 1.165) is 5.56 Å². The number of rotatable bonds is 6. The van der Waals surface area contributed by atoms with Crippen LogP contribution in [0.4, 0.5) is 5.69 Å². The van der Waals surface area contributed by atoms with E-state index in [9.17, 15) is 20.0 Å². The third-order valence-electron chi connectivity index (χ3n) is 5.64. The number of non-ortho nitro benzene ring substituents is 1. The van der Waals surface area contributed by atoms with Crippen molar-refractivity contribution in [2.24, 2.45) is 0 Å². The maximum atomic E-state index is 13.2. The third-order valence-corrected chi connectivity index (χ3v) is 5.64. The molecule has 2 aromatic carbocycles. The predicted molar refractivity (Wildman–Crippen MR) is 120 cm³/mol. The Morgan fingerprint density at radius 1 is 0.941 bits per heavy atom. The molecule has 0 amide bonds. The van der Waals surface area contributed by atoms with Gasteiger partial charge in [-0.15, -0.1) is 0 Å². The Labute approximate surface area is 196 Å². The zero-order valence-corrected chi connectivity index (χ0v) is 19.0. The van der Waals surface area contributed by atoms with Crippen LogP contribution in [0, 0.1) is 17.0 Å². The second-order valence-electron chi connectivity index (χ2n) is 8.60. The highest BCUT2D eigenvalue weighted by Crippen LogP contribution is 2.41. The summed E-state index contributed by atoms with van der Waals surface area (Å²) < 4.78 is 12.8. The highest BCUT2D eigenvalue weighted by molar-refractivity contribution is 5.91. The monoisotopic (exact) mass is 460 g/mol. The largest absolute Gasteiger partial charge is 0.575 e. The number of esters is 1. The van der Waals surface area contributed by atoms with Gasteiger partial charge in [-0.3, -0.25) is 10.1 Å². The van der Waals surface area contributed by atoms with Gasteiger partial charge in [0.2, 0.25) is 0 Å². The molecular weight excluding hydrogens is 436 g/mol. The van der Waals surface area contributed by atoms with Crippen LogP contribution in [0.3, 0.4) is 0 Å². The quantitative estimate of drug-likeness (QED) is 0.241. The lowest BCUT2D eigenvalue weighted by Gasteiger charge is -2.41. The van der Waals surface area contributed by atoms with Crippen molar-refractivity contribution in [1.29, 1.82) is 0 Å². The summed E-state index contributed by atoms with van der Waals surface area (Å²) in [5.74, 6) is -3.67. The number of hydrogen-bond donors (Lipinski definition) is 0. The van der Waals surface area contributed by atoms with Gasteiger partial charge in [-0.05, 0) is 44.5 Å². The Morgan fingerprint density at radius 3 is 2.21 bits per heavy atom. The number of cyclic esters (lactones) is 1. The number of carbonyl (C=O) groups is 1. The van der Waals surface area contributed by atoms with Crippen LogP contribution in [0.15, 0.2) is 90.6 Å². The average Bonchev–Trinajstić information content (AvgIpc) is 2.78. The van der Waals surface area contributed by atoms with E-state index in [0.29, 0.717) is 11.1 Å². The predicted octanol–water partition coefficient (Wildman–Crippen LogP) is 3.45. The van der Waals surface area contributed by atoms with Crippen LogP contribution in [0.2, 0.25) is 0 Å². The van der Waals surface area contributed by atoms with Crippen LogP contribution >= 0.6 is 0 Å². The summed E-state index contributed by atoms with van der Waals surface area (Å²) in [5.41, 5.74) is 2.14. The molecule has 1 aliphatic heterocycles. The second kappa shape index (κ2) is 8.97. The Morgan fingerprint density at radius 2 is 1.62 bits per heavy atom. The number of pyridine rings is 1. The van der Waals surface area contributed by atoms with E-state index in [1.807, 2.05) is 66.3 Å². The van der Waals surface area contributed by atoms with Gasteiger partial charge in [0, 0.05) is 29.3 Å². The summed E-state index contributed by atoms with van der Waals surface area (Å²) in [4.78, 5) is 23.9. The summed E-state index contributed by atoms with van der Waals surface area (Å²) in [5, 5.41) is 24.4. The Kier molecular flexibility index (Phi) is 6.06. The summed E-state index contributed by atoms with van der Waals surface area (Å²) in [6, 6.07) is 18.4. The van der Waals surface area contributed by atoms with Crippen molar-refractivity contribution in [2.45, 2.75) is 38.5 Å². The molecule has 0 spiro atoms. The smallest absolute Gasteiger partial charge is 0.338 e. The minimum atomic E-state index is -1.38. The van der Waals surface area contributed by atoms with Gasteiger partial charge in [-0.1, -0.05) is 30.3 Å². The Bertz CT molecular complexity index is 1250. The Hall–Kier alpha value is -4.20. The molecule has 174 valence electrons. The fourth-order valence-corrected chi connectivity index (χ4v) is 4.20. The molecule has 8 nitrogen and oxygen atoms in total.